The Balaban J connectivity index is 1.75. The third kappa shape index (κ3) is 4.54. The van der Waals surface area contributed by atoms with Crippen LogP contribution in [0.5, 0.6) is 5.75 Å². The van der Waals surface area contributed by atoms with Crippen molar-refractivity contribution in [1.29, 1.82) is 0 Å². The molecule has 0 aliphatic heterocycles. The number of ether oxygens (including phenoxy) is 1. The van der Waals surface area contributed by atoms with Crippen molar-refractivity contribution in [2.45, 2.75) is 58.5 Å². The summed E-state index contributed by atoms with van der Waals surface area (Å²) >= 11 is 0. The van der Waals surface area contributed by atoms with E-state index < -0.39 is 0 Å². The van der Waals surface area contributed by atoms with Crippen LogP contribution in [0.15, 0.2) is 24.3 Å². The normalized spacial score (nSPS) is 17.6. The fourth-order valence-corrected chi connectivity index (χ4v) is 2.83. The van der Waals surface area contributed by atoms with Gasteiger partial charge in [-0.15, -0.1) is 0 Å². The fourth-order valence-electron chi connectivity index (χ4n) is 2.83. The van der Waals surface area contributed by atoms with Gasteiger partial charge in [0.2, 0.25) is 0 Å². The minimum absolute atomic E-state index is 0.638. The molecule has 0 spiro atoms. The van der Waals surface area contributed by atoms with Gasteiger partial charge in [0, 0.05) is 12.6 Å². The molecule has 2 nitrogen and oxygen atoms in total. The second-order valence-electron chi connectivity index (χ2n) is 5.71. The predicted molar refractivity (Wildman–Crippen MR) is 80.5 cm³/mol. The molecule has 0 amide bonds. The second kappa shape index (κ2) is 7.54. The average Bonchev–Trinajstić information content (AvgIpc) is 2.98. The lowest BCUT2D eigenvalue weighted by atomic mass is 9.99. The molecular formula is C17H27NO. The number of nitrogens with one attached hydrogen (secondary N) is 1. The second-order valence-corrected chi connectivity index (χ2v) is 5.71. The van der Waals surface area contributed by atoms with Gasteiger partial charge in [0.25, 0.3) is 0 Å². The van der Waals surface area contributed by atoms with Crippen molar-refractivity contribution in [1.82, 2.24) is 5.32 Å². The third-order valence-corrected chi connectivity index (χ3v) is 4.13. The highest BCUT2D eigenvalue weighted by Crippen LogP contribution is 2.27. The van der Waals surface area contributed by atoms with Crippen molar-refractivity contribution in [3.63, 3.8) is 0 Å². The Morgan fingerprint density at radius 3 is 2.53 bits per heavy atom. The molecule has 1 aromatic rings. The fraction of sp³-hybridized carbons (Fsp3) is 0.647. The summed E-state index contributed by atoms with van der Waals surface area (Å²) in [7, 11) is 0. The molecule has 106 valence electrons. The third-order valence-electron chi connectivity index (χ3n) is 4.13. The number of hydrogen-bond acceptors (Lipinski definition) is 2. The molecule has 1 aliphatic rings. The van der Waals surface area contributed by atoms with Crippen LogP contribution in [-0.4, -0.2) is 12.6 Å². The summed E-state index contributed by atoms with van der Waals surface area (Å²) in [5, 5.41) is 3.66. The van der Waals surface area contributed by atoms with Gasteiger partial charge in [-0.05, 0) is 49.8 Å². The quantitative estimate of drug-likeness (QED) is 0.796. The zero-order valence-corrected chi connectivity index (χ0v) is 12.3. The first-order chi connectivity index (χ1) is 9.29. The van der Waals surface area contributed by atoms with Crippen LogP contribution in [0.3, 0.4) is 0 Å². The van der Waals surface area contributed by atoms with Gasteiger partial charge in [-0.3, -0.25) is 0 Å². The van der Waals surface area contributed by atoms with Crippen LogP contribution >= 0.6 is 0 Å². The van der Waals surface area contributed by atoms with Gasteiger partial charge in [0.1, 0.15) is 5.75 Å². The summed E-state index contributed by atoms with van der Waals surface area (Å²) in [5.74, 6) is 1.86. The van der Waals surface area contributed by atoms with Gasteiger partial charge in [0.15, 0.2) is 0 Å². The van der Waals surface area contributed by atoms with Crippen LogP contribution in [0.2, 0.25) is 0 Å². The maximum absolute atomic E-state index is 5.60. The van der Waals surface area contributed by atoms with Crippen LogP contribution in [-0.2, 0) is 6.54 Å². The molecule has 1 N–H and O–H groups in total. The summed E-state index contributed by atoms with van der Waals surface area (Å²) in [5.41, 5.74) is 1.34. The van der Waals surface area contributed by atoms with E-state index in [1.807, 2.05) is 0 Å². The molecule has 1 aliphatic carbocycles. The molecule has 1 saturated carbocycles. The highest BCUT2D eigenvalue weighted by molar-refractivity contribution is 5.27. The highest BCUT2D eigenvalue weighted by atomic mass is 16.5. The minimum atomic E-state index is 0.638. The van der Waals surface area contributed by atoms with E-state index in [9.17, 15) is 0 Å². The predicted octanol–water partition coefficient (Wildman–Crippen LogP) is 4.14. The topological polar surface area (TPSA) is 21.3 Å². The van der Waals surface area contributed by atoms with E-state index in [2.05, 4.69) is 43.4 Å². The van der Waals surface area contributed by atoms with Crippen molar-refractivity contribution in [2.24, 2.45) is 5.92 Å². The van der Waals surface area contributed by atoms with Crippen LogP contribution < -0.4 is 10.1 Å². The van der Waals surface area contributed by atoms with Crippen molar-refractivity contribution >= 4 is 0 Å². The zero-order valence-electron chi connectivity index (χ0n) is 12.3. The molecule has 1 atom stereocenters. The molecule has 0 aromatic heterocycles. The van der Waals surface area contributed by atoms with Crippen molar-refractivity contribution in [3.05, 3.63) is 29.8 Å². The minimum Gasteiger partial charge on any atom is -0.494 e. The molecule has 2 rings (SSSR count). The van der Waals surface area contributed by atoms with Crippen molar-refractivity contribution in [3.8, 4) is 5.75 Å². The molecule has 19 heavy (non-hydrogen) atoms. The van der Waals surface area contributed by atoms with Gasteiger partial charge in [0.05, 0.1) is 6.61 Å². The summed E-state index contributed by atoms with van der Waals surface area (Å²) in [6.07, 6.45) is 6.69. The Hall–Kier alpha value is -1.02. The molecule has 0 saturated heterocycles. The Bertz CT molecular complexity index is 354. The van der Waals surface area contributed by atoms with Crippen LogP contribution in [0, 0.1) is 5.92 Å². The smallest absolute Gasteiger partial charge is 0.119 e. The maximum Gasteiger partial charge on any atom is 0.119 e. The van der Waals surface area contributed by atoms with Gasteiger partial charge >= 0.3 is 0 Å². The van der Waals surface area contributed by atoms with Gasteiger partial charge in [-0.2, -0.15) is 0 Å². The van der Waals surface area contributed by atoms with Gasteiger partial charge < -0.3 is 10.1 Å². The molecule has 1 fully saturated rings. The first kappa shape index (κ1) is 14.4. The lowest BCUT2D eigenvalue weighted by molar-refractivity contribution is 0.317. The Kier molecular flexibility index (Phi) is 5.71. The van der Waals surface area contributed by atoms with E-state index in [1.54, 1.807) is 0 Å². The lowest BCUT2D eigenvalue weighted by Gasteiger charge is -2.20. The Morgan fingerprint density at radius 1 is 1.21 bits per heavy atom. The van der Waals surface area contributed by atoms with E-state index in [1.165, 1.54) is 31.2 Å². The molecular weight excluding hydrogens is 234 g/mol. The SMILES string of the molecule is CCCOc1ccc(CN[C@@H](C)C2CCCC2)cc1. The van der Waals surface area contributed by atoms with Crippen molar-refractivity contribution < 1.29 is 4.74 Å². The average molecular weight is 261 g/mol. The number of benzene rings is 1. The largest absolute Gasteiger partial charge is 0.494 e. The maximum atomic E-state index is 5.60. The Morgan fingerprint density at radius 2 is 1.89 bits per heavy atom. The van der Waals surface area contributed by atoms with Crippen LogP contribution in [0.1, 0.15) is 51.5 Å². The summed E-state index contributed by atoms with van der Waals surface area (Å²) in [6.45, 7) is 6.22. The zero-order chi connectivity index (χ0) is 13.5. The monoisotopic (exact) mass is 261 g/mol. The van der Waals surface area contributed by atoms with Gasteiger partial charge in [-0.1, -0.05) is 31.9 Å². The first-order valence-electron chi connectivity index (χ1n) is 7.74. The highest BCUT2D eigenvalue weighted by Gasteiger charge is 2.20. The lowest BCUT2D eigenvalue weighted by Crippen LogP contribution is -2.31. The summed E-state index contributed by atoms with van der Waals surface area (Å²) in [6, 6.07) is 9.12. The molecule has 0 bridgehead atoms. The molecule has 0 radical (unpaired) electrons. The molecule has 1 aromatic carbocycles. The summed E-state index contributed by atoms with van der Waals surface area (Å²) < 4.78 is 5.60. The van der Waals surface area contributed by atoms with E-state index in [0.29, 0.717) is 6.04 Å². The standard InChI is InChI=1S/C17H27NO/c1-3-12-19-17-10-8-15(9-11-17)13-18-14(2)16-6-4-5-7-16/h8-11,14,16,18H,3-7,12-13H2,1-2H3/t14-/m0/s1. The van der Waals surface area contributed by atoms with E-state index in [0.717, 1.165) is 31.2 Å². The Labute approximate surface area is 117 Å². The number of rotatable bonds is 7. The number of hydrogen-bond donors (Lipinski definition) is 1. The van der Waals surface area contributed by atoms with Crippen LogP contribution in [0.4, 0.5) is 0 Å². The van der Waals surface area contributed by atoms with E-state index >= 15 is 0 Å². The van der Waals surface area contributed by atoms with E-state index in [4.69, 9.17) is 4.74 Å². The van der Waals surface area contributed by atoms with Gasteiger partial charge in [-0.25, -0.2) is 0 Å². The first-order valence-corrected chi connectivity index (χ1v) is 7.74. The van der Waals surface area contributed by atoms with Crippen molar-refractivity contribution in [2.75, 3.05) is 6.61 Å². The summed E-state index contributed by atoms with van der Waals surface area (Å²) in [4.78, 5) is 0. The molecule has 2 heteroatoms. The molecule has 0 heterocycles. The van der Waals surface area contributed by atoms with E-state index in [-0.39, 0.29) is 0 Å². The van der Waals surface area contributed by atoms with Crippen LogP contribution in [0.25, 0.3) is 0 Å². The molecule has 0 unspecified atom stereocenters.